The van der Waals surface area contributed by atoms with E-state index in [9.17, 15) is 0 Å². The van der Waals surface area contributed by atoms with E-state index in [1.54, 1.807) is 0 Å². The van der Waals surface area contributed by atoms with Gasteiger partial charge in [-0.1, -0.05) is 59.1 Å². The summed E-state index contributed by atoms with van der Waals surface area (Å²) in [6.45, 7) is 9.44. The van der Waals surface area contributed by atoms with Crippen molar-refractivity contribution in [3.8, 4) is 0 Å². The molecule has 17 heavy (non-hydrogen) atoms. The highest BCUT2D eigenvalue weighted by Crippen LogP contribution is 2.44. The van der Waals surface area contributed by atoms with Gasteiger partial charge in [-0.25, -0.2) is 0 Å². The van der Waals surface area contributed by atoms with Crippen molar-refractivity contribution < 1.29 is 0 Å². The molecule has 100 valence electrons. The van der Waals surface area contributed by atoms with Crippen LogP contribution in [0.2, 0.25) is 0 Å². The van der Waals surface area contributed by atoms with Crippen molar-refractivity contribution in [1.29, 1.82) is 0 Å². The molecule has 0 amide bonds. The second-order valence-corrected chi connectivity index (χ2v) is 7.05. The molecular weight excluding hydrogens is 228 g/mol. The fourth-order valence-electron chi connectivity index (χ4n) is 3.25. The molecule has 1 saturated carbocycles. The van der Waals surface area contributed by atoms with Gasteiger partial charge in [0.2, 0.25) is 0 Å². The summed E-state index contributed by atoms with van der Waals surface area (Å²) in [5, 5.41) is 0.332. The van der Waals surface area contributed by atoms with Gasteiger partial charge in [0.1, 0.15) is 0 Å². The molecule has 0 aromatic rings. The van der Waals surface area contributed by atoms with Gasteiger partial charge in [0, 0.05) is 5.38 Å². The third-order valence-electron chi connectivity index (χ3n) is 4.33. The lowest BCUT2D eigenvalue weighted by molar-refractivity contribution is 0.122. The van der Waals surface area contributed by atoms with E-state index in [2.05, 4.69) is 39.8 Å². The molecule has 0 N–H and O–H groups in total. The van der Waals surface area contributed by atoms with E-state index in [1.807, 2.05) is 0 Å². The van der Waals surface area contributed by atoms with Crippen molar-refractivity contribution in [3.63, 3.8) is 0 Å². The van der Waals surface area contributed by atoms with Gasteiger partial charge in [-0.15, -0.1) is 11.6 Å². The van der Waals surface area contributed by atoms with Crippen LogP contribution in [0.3, 0.4) is 0 Å². The van der Waals surface area contributed by atoms with Gasteiger partial charge >= 0.3 is 0 Å². The van der Waals surface area contributed by atoms with Gasteiger partial charge in [-0.3, -0.25) is 0 Å². The summed E-state index contributed by atoms with van der Waals surface area (Å²) in [6.07, 6.45) is 12.3. The van der Waals surface area contributed by atoms with Crippen molar-refractivity contribution in [3.05, 3.63) is 12.2 Å². The van der Waals surface area contributed by atoms with Gasteiger partial charge in [-0.05, 0) is 36.5 Å². The number of alkyl halides is 1. The first-order valence-corrected chi connectivity index (χ1v) is 7.71. The molecule has 0 aromatic heterocycles. The molecule has 0 nitrogen and oxygen atoms in total. The molecule has 1 aliphatic carbocycles. The highest BCUT2D eigenvalue weighted by Gasteiger charge is 2.34. The Morgan fingerprint density at radius 1 is 1.41 bits per heavy atom. The molecule has 0 aliphatic heterocycles. The molecule has 0 unspecified atom stereocenters. The largest absolute Gasteiger partial charge is 0.123 e. The first-order valence-electron chi connectivity index (χ1n) is 7.28. The molecule has 1 rings (SSSR count). The summed E-state index contributed by atoms with van der Waals surface area (Å²) in [5.74, 6) is 1.57. The third kappa shape index (κ3) is 4.66. The normalized spacial score (nSPS) is 30.6. The zero-order valence-corrected chi connectivity index (χ0v) is 12.8. The fraction of sp³-hybridized carbons (Fsp3) is 0.875. The Morgan fingerprint density at radius 3 is 2.71 bits per heavy atom. The van der Waals surface area contributed by atoms with Crippen LogP contribution in [0, 0.1) is 17.3 Å². The van der Waals surface area contributed by atoms with Gasteiger partial charge in [0.25, 0.3) is 0 Å². The molecule has 1 fully saturated rings. The molecule has 0 bridgehead atoms. The van der Waals surface area contributed by atoms with Crippen LogP contribution in [-0.2, 0) is 0 Å². The van der Waals surface area contributed by atoms with Crippen LogP contribution in [0.15, 0.2) is 12.2 Å². The van der Waals surface area contributed by atoms with Gasteiger partial charge in [-0.2, -0.15) is 0 Å². The van der Waals surface area contributed by atoms with Crippen LogP contribution in [0.1, 0.15) is 66.2 Å². The molecule has 0 heterocycles. The van der Waals surface area contributed by atoms with E-state index in [4.69, 9.17) is 11.6 Å². The maximum absolute atomic E-state index is 6.25. The number of rotatable bonds is 5. The summed E-state index contributed by atoms with van der Waals surface area (Å²) in [7, 11) is 0. The highest BCUT2D eigenvalue weighted by atomic mass is 35.5. The van der Waals surface area contributed by atoms with Crippen LogP contribution >= 0.6 is 11.6 Å². The van der Waals surface area contributed by atoms with Crippen LogP contribution in [-0.4, -0.2) is 5.38 Å². The maximum atomic E-state index is 6.25. The lowest BCUT2D eigenvalue weighted by atomic mass is 9.64. The predicted octanol–water partition coefficient (Wildman–Crippen LogP) is 5.80. The maximum Gasteiger partial charge on any atom is 0.0370 e. The summed E-state index contributed by atoms with van der Waals surface area (Å²) in [6, 6.07) is 0. The van der Waals surface area contributed by atoms with Gasteiger partial charge < -0.3 is 0 Å². The SMILES string of the molecule is CCC[C@@H](Cl)CC=C[C@H]1[C@H](C)CCCC1(C)C. The molecule has 1 aliphatic rings. The second kappa shape index (κ2) is 6.83. The Kier molecular flexibility index (Phi) is 6.06. The van der Waals surface area contributed by atoms with Gasteiger partial charge in [0.15, 0.2) is 0 Å². The van der Waals surface area contributed by atoms with E-state index in [-0.39, 0.29) is 0 Å². The zero-order valence-electron chi connectivity index (χ0n) is 12.0. The minimum atomic E-state index is 0.332. The first-order chi connectivity index (χ1) is 7.97. The third-order valence-corrected chi connectivity index (χ3v) is 4.73. The summed E-state index contributed by atoms with van der Waals surface area (Å²) < 4.78 is 0. The monoisotopic (exact) mass is 256 g/mol. The molecule has 0 spiro atoms. The average molecular weight is 257 g/mol. The van der Waals surface area contributed by atoms with Crippen LogP contribution in [0.4, 0.5) is 0 Å². The molecular formula is C16H29Cl. The molecule has 3 atom stereocenters. The van der Waals surface area contributed by atoms with E-state index in [0.717, 1.165) is 24.7 Å². The lowest BCUT2D eigenvalue weighted by Gasteiger charge is -2.41. The van der Waals surface area contributed by atoms with Crippen molar-refractivity contribution in [2.75, 3.05) is 0 Å². The topological polar surface area (TPSA) is 0 Å². The predicted molar refractivity (Wildman–Crippen MR) is 78.6 cm³/mol. The fourth-order valence-corrected chi connectivity index (χ4v) is 3.57. The smallest absolute Gasteiger partial charge is 0.0370 e. The zero-order chi connectivity index (χ0) is 12.9. The average Bonchev–Trinajstić information content (AvgIpc) is 2.22. The van der Waals surface area contributed by atoms with E-state index in [1.165, 1.54) is 25.7 Å². The quantitative estimate of drug-likeness (QED) is 0.431. The van der Waals surface area contributed by atoms with Crippen molar-refractivity contribution in [2.45, 2.75) is 71.6 Å². The van der Waals surface area contributed by atoms with Crippen LogP contribution < -0.4 is 0 Å². The summed E-state index contributed by atoms with van der Waals surface area (Å²) in [5.41, 5.74) is 0.473. The van der Waals surface area contributed by atoms with Crippen molar-refractivity contribution in [2.24, 2.45) is 17.3 Å². The summed E-state index contributed by atoms with van der Waals surface area (Å²) in [4.78, 5) is 0. The minimum absolute atomic E-state index is 0.332. The lowest BCUT2D eigenvalue weighted by Crippen LogP contribution is -2.32. The van der Waals surface area contributed by atoms with E-state index >= 15 is 0 Å². The Hall–Kier alpha value is 0.0300. The molecule has 1 heteroatoms. The number of halogens is 1. The van der Waals surface area contributed by atoms with E-state index < -0.39 is 0 Å². The van der Waals surface area contributed by atoms with E-state index in [0.29, 0.717) is 10.8 Å². The Morgan fingerprint density at radius 2 is 2.12 bits per heavy atom. The first kappa shape index (κ1) is 15.1. The number of hydrogen-bond acceptors (Lipinski definition) is 0. The molecule has 0 aromatic carbocycles. The summed E-state index contributed by atoms with van der Waals surface area (Å²) >= 11 is 6.25. The van der Waals surface area contributed by atoms with Gasteiger partial charge in [0.05, 0.1) is 0 Å². The number of hydrogen-bond donors (Lipinski definition) is 0. The standard InChI is InChI=1S/C16H29Cl/c1-5-8-14(17)10-6-11-15-13(2)9-7-12-16(15,3)4/h6,11,13-15H,5,7-10,12H2,1-4H3/t13-,14-,15+/m1/s1. The van der Waals surface area contributed by atoms with Crippen molar-refractivity contribution >= 4 is 11.6 Å². The minimum Gasteiger partial charge on any atom is -0.123 e. The number of allylic oxidation sites excluding steroid dienone is 2. The van der Waals surface area contributed by atoms with Crippen LogP contribution in [0.25, 0.3) is 0 Å². The highest BCUT2D eigenvalue weighted by molar-refractivity contribution is 6.20. The Labute approximate surface area is 113 Å². The Bertz CT molecular complexity index is 242. The molecule has 0 saturated heterocycles. The molecule has 0 radical (unpaired) electrons. The van der Waals surface area contributed by atoms with Crippen molar-refractivity contribution in [1.82, 2.24) is 0 Å². The van der Waals surface area contributed by atoms with Crippen LogP contribution in [0.5, 0.6) is 0 Å². The Balaban J connectivity index is 2.49. The second-order valence-electron chi connectivity index (χ2n) is 6.43.